The maximum Gasteiger partial charge on any atom is 0.144 e. The highest BCUT2D eigenvalue weighted by atomic mass is 35.5. The van der Waals surface area contributed by atoms with Gasteiger partial charge in [-0.15, -0.1) is 0 Å². The lowest BCUT2D eigenvalue weighted by Crippen LogP contribution is -2.05. The molecule has 26 heavy (non-hydrogen) atoms. The Kier molecular flexibility index (Phi) is 5.50. The van der Waals surface area contributed by atoms with E-state index in [0.717, 1.165) is 11.8 Å². The second-order valence-corrected chi connectivity index (χ2v) is 5.72. The van der Waals surface area contributed by atoms with Crippen molar-refractivity contribution in [1.82, 2.24) is 9.97 Å². The van der Waals surface area contributed by atoms with Crippen molar-refractivity contribution >= 4 is 35.1 Å². The summed E-state index contributed by atoms with van der Waals surface area (Å²) in [6.45, 7) is 0.424. The number of ether oxygens (including phenoxy) is 1. The lowest BCUT2D eigenvalue weighted by Gasteiger charge is -2.12. The van der Waals surface area contributed by atoms with E-state index in [1.54, 1.807) is 18.2 Å². The zero-order valence-electron chi connectivity index (χ0n) is 13.6. The van der Waals surface area contributed by atoms with Crippen LogP contribution in [0.15, 0.2) is 60.0 Å². The molecule has 7 nitrogen and oxygen atoms in total. The number of oxime groups is 1. The van der Waals surface area contributed by atoms with E-state index >= 15 is 0 Å². The molecule has 0 saturated heterocycles. The Hall–Kier alpha value is -3.32. The molecule has 132 valence electrons. The zero-order valence-corrected chi connectivity index (χ0v) is 14.4. The summed E-state index contributed by atoms with van der Waals surface area (Å²) in [5.41, 5.74) is 7.87. The fourth-order valence-corrected chi connectivity index (χ4v) is 2.50. The summed E-state index contributed by atoms with van der Waals surface area (Å²) in [4.78, 5) is 7.97. The summed E-state index contributed by atoms with van der Waals surface area (Å²) >= 11 is 6.31. The van der Waals surface area contributed by atoms with Gasteiger partial charge >= 0.3 is 0 Å². The molecule has 0 fully saturated rings. The molecule has 0 bridgehead atoms. The Morgan fingerprint density at radius 3 is 2.73 bits per heavy atom. The Morgan fingerprint density at radius 2 is 2.00 bits per heavy atom. The van der Waals surface area contributed by atoms with Gasteiger partial charge in [0.2, 0.25) is 0 Å². The van der Waals surface area contributed by atoms with E-state index in [4.69, 9.17) is 27.3 Å². The number of hydrogen-bond donors (Lipinski definition) is 3. The van der Waals surface area contributed by atoms with Gasteiger partial charge in [0.05, 0.1) is 16.8 Å². The van der Waals surface area contributed by atoms with Crippen molar-refractivity contribution in [3.05, 3.63) is 71.0 Å². The Balaban J connectivity index is 1.75. The number of nitrogen functional groups attached to an aromatic ring is 1. The van der Waals surface area contributed by atoms with Crippen LogP contribution >= 0.6 is 11.6 Å². The number of halogens is 1. The van der Waals surface area contributed by atoms with Crippen LogP contribution in [-0.2, 0) is 6.61 Å². The van der Waals surface area contributed by atoms with E-state index in [2.05, 4.69) is 20.4 Å². The molecule has 0 radical (unpaired) electrons. The lowest BCUT2D eigenvalue weighted by molar-refractivity contribution is 0.306. The van der Waals surface area contributed by atoms with E-state index < -0.39 is 0 Å². The number of nitrogens with zero attached hydrogens (tertiary/aromatic N) is 3. The molecule has 0 saturated carbocycles. The molecule has 0 amide bonds. The monoisotopic (exact) mass is 369 g/mol. The average molecular weight is 370 g/mol. The molecule has 0 aliphatic rings. The molecule has 3 rings (SSSR count). The summed E-state index contributed by atoms with van der Waals surface area (Å²) in [5, 5.41) is 15.3. The Bertz CT molecular complexity index is 919. The predicted octanol–water partition coefficient (Wildman–Crippen LogP) is 3.84. The minimum absolute atomic E-state index is 0.189. The topological polar surface area (TPSA) is 106 Å². The van der Waals surface area contributed by atoms with Crippen molar-refractivity contribution in [2.45, 2.75) is 6.61 Å². The number of nitrogens with two attached hydrogens (primary N) is 1. The maximum absolute atomic E-state index is 8.76. The van der Waals surface area contributed by atoms with Crippen LogP contribution < -0.4 is 15.8 Å². The van der Waals surface area contributed by atoms with Gasteiger partial charge in [0, 0.05) is 5.69 Å². The summed E-state index contributed by atoms with van der Waals surface area (Å²) in [5.74, 6) is 1.15. The largest absolute Gasteiger partial charge is 0.487 e. The molecular formula is C18H16ClN5O2. The van der Waals surface area contributed by atoms with Gasteiger partial charge in [-0.05, 0) is 23.8 Å². The zero-order chi connectivity index (χ0) is 18.4. The standard InChI is InChI=1S/C18H16ClN5O2/c19-15-8-13(24-18-14(9-23-25)17(20)21-11-22-18)6-7-16(15)26-10-12-4-2-1-3-5-12/h1-9,11,25H,10H2,(H3,20,21,22,24). The van der Waals surface area contributed by atoms with Gasteiger partial charge in [-0.2, -0.15) is 0 Å². The highest BCUT2D eigenvalue weighted by Crippen LogP contribution is 2.30. The maximum atomic E-state index is 8.76. The van der Waals surface area contributed by atoms with E-state index in [9.17, 15) is 0 Å². The molecule has 2 aromatic carbocycles. The minimum atomic E-state index is 0.189. The molecule has 0 aliphatic carbocycles. The molecule has 0 atom stereocenters. The summed E-state index contributed by atoms with van der Waals surface area (Å²) in [6.07, 6.45) is 2.47. The van der Waals surface area contributed by atoms with Crippen molar-refractivity contribution < 1.29 is 9.94 Å². The smallest absolute Gasteiger partial charge is 0.144 e. The molecule has 3 aromatic rings. The molecule has 0 aliphatic heterocycles. The van der Waals surface area contributed by atoms with Crippen LogP contribution in [0.2, 0.25) is 5.02 Å². The van der Waals surface area contributed by atoms with Crippen LogP contribution in [0.4, 0.5) is 17.3 Å². The molecular weight excluding hydrogens is 354 g/mol. The van der Waals surface area contributed by atoms with E-state index in [1.165, 1.54) is 6.33 Å². The third kappa shape index (κ3) is 4.20. The Morgan fingerprint density at radius 1 is 1.19 bits per heavy atom. The van der Waals surface area contributed by atoms with Gasteiger partial charge in [0.1, 0.15) is 30.3 Å². The SMILES string of the molecule is Nc1ncnc(Nc2ccc(OCc3ccccc3)c(Cl)c2)c1C=NO. The number of aromatic nitrogens is 2. The molecule has 0 spiro atoms. The number of nitrogens with one attached hydrogen (secondary N) is 1. The summed E-state index contributed by atoms with van der Waals surface area (Å²) in [6, 6.07) is 15.1. The molecule has 0 unspecified atom stereocenters. The van der Waals surface area contributed by atoms with Crippen molar-refractivity contribution in [2.24, 2.45) is 5.16 Å². The molecule has 4 N–H and O–H groups in total. The fraction of sp³-hybridized carbons (Fsp3) is 0.0556. The highest BCUT2D eigenvalue weighted by Gasteiger charge is 2.09. The van der Waals surface area contributed by atoms with Crippen LogP contribution in [0.3, 0.4) is 0 Å². The normalized spacial score (nSPS) is 10.8. The fourth-order valence-electron chi connectivity index (χ4n) is 2.26. The van der Waals surface area contributed by atoms with Crippen molar-refractivity contribution in [2.75, 3.05) is 11.1 Å². The molecule has 1 heterocycles. The van der Waals surface area contributed by atoms with Crippen LogP contribution in [0.5, 0.6) is 5.75 Å². The van der Waals surface area contributed by atoms with Crippen molar-refractivity contribution in [3.63, 3.8) is 0 Å². The van der Waals surface area contributed by atoms with Gasteiger partial charge in [-0.1, -0.05) is 47.1 Å². The summed E-state index contributed by atoms with van der Waals surface area (Å²) in [7, 11) is 0. The van der Waals surface area contributed by atoms with Crippen molar-refractivity contribution in [3.8, 4) is 5.75 Å². The van der Waals surface area contributed by atoms with E-state index in [1.807, 2.05) is 30.3 Å². The van der Waals surface area contributed by atoms with E-state index in [-0.39, 0.29) is 5.82 Å². The van der Waals surface area contributed by atoms with Gasteiger partial charge < -0.3 is 21.0 Å². The van der Waals surface area contributed by atoms with Gasteiger partial charge in [-0.25, -0.2) is 9.97 Å². The summed E-state index contributed by atoms with van der Waals surface area (Å²) < 4.78 is 5.75. The van der Waals surface area contributed by atoms with Gasteiger partial charge in [-0.3, -0.25) is 0 Å². The lowest BCUT2D eigenvalue weighted by atomic mass is 10.2. The third-order valence-corrected chi connectivity index (χ3v) is 3.83. The molecule has 1 aromatic heterocycles. The van der Waals surface area contributed by atoms with Gasteiger partial charge in [0.25, 0.3) is 0 Å². The number of rotatable bonds is 6. The van der Waals surface area contributed by atoms with Crippen LogP contribution in [-0.4, -0.2) is 21.4 Å². The average Bonchev–Trinajstić information content (AvgIpc) is 2.65. The second kappa shape index (κ2) is 8.17. The first-order valence-corrected chi connectivity index (χ1v) is 8.06. The number of anilines is 3. The first-order chi connectivity index (χ1) is 12.7. The van der Waals surface area contributed by atoms with Gasteiger partial charge in [0.15, 0.2) is 0 Å². The van der Waals surface area contributed by atoms with Crippen LogP contribution in [0, 0.1) is 0 Å². The Labute approximate surface area is 155 Å². The second-order valence-electron chi connectivity index (χ2n) is 5.31. The van der Waals surface area contributed by atoms with Crippen LogP contribution in [0.25, 0.3) is 0 Å². The van der Waals surface area contributed by atoms with Crippen molar-refractivity contribution in [1.29, 1.82) is 0 Å². The van der Waals surface area contributed by atoms with Crippen LogP contribution in [0.1, 0.15) is 11.1 Å². The number of benzene rings is 2. The number of hydrogen-bond acceptors (Lipinski definition) is 7. The first-order valence-electron chi connectivity index (χ1n) is 7.68. The quantitative estimate of drug-likeness (QED) is 0.346. The first kappa shape index (κ1) is 17.5. The molecule has 8 heteroatoms. The minimum Gasteiger partial charge on any atom is -0.487 e. The predicted molar refractivity (Wildman–Crippen MR) is 101 cm³/mol. The highest BCUT2D eigenvalue weighted by molar-refractivity contribution is 6.32. The van der Waals surface area contributed by atoms with E-state index in [0.29, 0.717) is 34.4 Å². The third-order valence-electron chi connectivity index (χ3n) is 3.53.